The van der Waals surface area contributed by atoms with Crippen LogP contribution in [0.15, 0.2) is 4.79 Å². The van der Waals surface area contributed by atoms with Crippen molar-refractivity contribution in [1.82, 2.24) is 9.36 Å². The minimum atomic E-state index is -0.533. The lowest BCUT2D eigenvalue weighted by Gasteiger charge is -2.17. The molecule has 1 aromatic heterocycles. The van der Waals surface area contributed by atoms with Crippen LogP contribution in [0.4, 0.5) is 11.5 Å². The molecule has 0 spiro atoms. The van der Waals surface area contributed by atoms with Crippen LogP contribution in [0.5, 0.6) is 0 Å². The van der Waals surface area contributed by atoms with Gasteiger partial charge in [0, 0.05) is 26.2 Å². The van der Waals surface area contributed by atoms with Crippen LogP contribution < -0.4 is 10.5 Å². The summed E-state index contributed by atoms with van der Waals surface area (Å²) in [5.74, 6) is 0.523. The monoisotopic (exact) mass is 238 g/mol. The highest BCUT2D eigenvalue weighted by molar-refractivity contribution is 5.58. The molecule has 1 aromatic rings. The van der Waals surface area contributed by atoms with Crippen molar-refractivity contribution in [2.45, 2.75) is 32.4 Å². The summed E-state index contributed by atoms with van der Waals surface area (Å²) >= 11 is 0. The highest BCUT2D eigenvalue weighted by Crippen LogP contribution is 2.30. The van der Waals surface area contributed by atoms with E-state index in [1.165, 1.54) is 4.68 Å². The molecule has 0 saturated carbocycles. The van der Waals surface area contributed by atoms with Crippen LogP contribution in [0.3, 0.4) is 0 Å². The Morgan fingerprint density at radius 2 is 1.65 bits per heavy atom. The van der Waals surface area contributed by atoms with Crippen molar-refractivity contribution in [2.24, 2.45) is 0 Å². The van der Waals surface area contributed by atoms with E-state index < -0.39 is 10.5 Å². The van der Waals surface area contributed by atoms with Crippen LogP contribution in [-0.2, 0) is 13.1 Å². The average molecular weight is 238 g/mol. The zero-order valence-electron chi connectivity index (χ0n) is 9.46. The molecule has 0 amide bonds. The maximum atomic E-state index is 12.0. The molecule has 17 heavy (non-hydrogen) atoms. The highest BCUT2D eigenvalue weighted by Gasteiger charge is 2.35. The van der Waals surface area contributed by atoms with Crippen LogP contribution >= 0.6 is 0 Å². The Morgan fingerprint density at radius 1 is 1.00 bits per heavy atom. The highest BCUT2D eigenvalue weighted by atomic mass is 16.6. The topological polar surface area (TPSA) is 73.3 Å². The van der Waals surface area contributed by atoms with E-state index in [0.717, 1.165) is 32.4 Å². The molecule has 1 fully saturated rings. The number of fused-ring (bicyclic) bond motifs is 1. The molecule has 3 heterocycles. The van der Waals surface area contributed by atoms with Gasteiger partial charge < -0.3 is 4.90 Å². The van der Waals surface area contributed by atoms with Crippen LogP contribution in [0.25, 0.3) is 0 Å². The minimum Gasteiger partial charge on any atom is -0.351 e. The summed E-state index contributed by atoms with van der Waals surface area (Å²) in [7, 11) is 0. The van der Waals surface area contributed by atoms with Crippen molar-refractivity contribution < 1.29 is 4.92 Å². The van der Waals surface area contributed by atoms with Gasteiger partial charge in [-0.05, 0) is 19.3 Å². The fourth-order valence-corrected chi connectivity index (χ4v) is 2.78. The summed E-state index contributed by atoms with van der Waals surface area (Å²) in [6.45, 7) is 2.91. The Labute approximate surface area is 97.4 Å². The number of hydrogen-bond donors (Lipinski definition) is 0. The van der Waals surface area contributed by atoms with Crippen LogP contribution in [0.1, 0.15) is 19.3 Å². The third kappa shape index (κ3) is 1.38. The smallest absolute Gasteiger partial charge is 0.351 e. The van der Waals surface area contributed by atoms with Gasteiger partial charge in [0.15, 0.2) is 0 Å². The number of aromatic nitrogens is 2. The summed E-state index contributed by atoms with van der Waals surface area (Å²) < 4.78 is 3.29. The molecule has 0 atom stereocenters. The molecule has 0 bridgehead atoms. The number of hydrogen-bond acceptors (Lipinski definition) is 4. The summed E-state index contributed by atoms with van der Waals surface area (Å²) in [5, 5.41) is 11.1. The first-order valence-corrected chi connectivity index (χ1v) is 5.93. The Kier molecular flexibility index (Phi) is 2.20. The van der Waals surface area contributed by atoms with Crippen molar-refractivity contribution in [3.8, 4) is 0 Å². The standard InChI is InChI=1S/C10H14N4O3/c15-10-8(14(16)17)9(11-4-1-2-5-11)12-6-3-7-13(10)12/h1-7H2. The predicted molar refractivity (Wildman–Crippen MR) is 61.4 cm³/mol. The van der Waals surface area contributed by atoms with Crippen molar-refractivity contribution >= 4 is 11.5 Å². The third-order valence-corrected chi connectivity index (χ3v) is 3.51. The lowest BCUT2D eigenvalue weighted by atomic mass is 10.4. The van der Waals surface area contributed by atoms with Gasteiger partial charge in [0.05, 0.1) is 4.92 Å². The molecule has 0 aromatic carbocycles. The molecule has 3 rings (SSSR count). The molecule has 92 valence electrons. The molecule has 2 aliphatic rings. The first-order chi connectivity index (χ1) is 8.20. The van der Waals surface area contributed by atoms with Gasteiger partial charge in [-0.1, -0.05) is 0 Å². The molecule has 0 unspecified atom stereocenters. The Bertz CT molecular complexity index is 524. The van der Waals surface area contributed by atoms with Gasteiger partial charge in [-0.2, -0.15) is 0 Å². The second kappa shape index (κ2) is 3.61. The second-order valence-electron chi connectivity index (χ2n) is 4.53. The molecule has 2 aliphatic heterocycles. The quantitative estimate of drug-likeness (QED) is 0.557. The number of rotatable bonds is 2. The first-order valence-electron chi connectivity index (χ1n) is 5.93. The molecule has 0 radical (unpaired) electrons. The van der Waals surface area contributed by atoms with Gasteiger partial charge in [0.2, 0.25) is 5.82 Å². The summed E-state index contributed by atoms with van der Waals surface area (Å²) in [6.07, 6.45) is 2.96. The maximum Gasteiger partial charge on any atom is 0.377 e. The van der Waals surface area contributed by atoms with E-state index in [1.807, 2.05) is 4.90 Å². The molecule has 7 nitrogen and oxygen atoms in total. The number of nitro groups is 1. The van der Waals surface area contributed by atoms with Gasteiger partial charge >= 0.3 is 11.2 Å². The van der Waals surface area contributed by atoms with Gasteiger partial charge in [0.25, 0.3) is 0 Å². The van der Waals surface area contributed by atoms with E-state index in [4.69, 9.17) is 0 Å². The second-order valence-corrected chi connectivity index (χ2v) is 4.53. The zero-order valence-corrected chi connectivity index (χ0v) is 9.46. The van der Waals surface area contributed by atoms with Crippen molar-refractivity contribution in [1.29, 1.82) is 0 Å². The first kappa shape index (κ1) is 10.4. The Morgan fingerprint density at radius 3 is 2.29 bits per heavy atom. The molecule has 7 heteroatoms. The zero-order chi connectivity index (χ0) is 12.0. The summed E-state index contributed by atoms with van der Waals surface area (Å²) in [6, 6.07) is 0. The SMILES string of the molecule is O=c1c([N+](=O)[O-])c(N2CCCC2)n2n1CCC2. The van der Waals surface area contributed by atoms with Crippen molar-refractivity contribution in [3.05, 3.63) is 20.5 Å². The molecule has 1 saturated heterocycles. The Balaban J connectivity index is 2.20. The third-order valence-electron chi connectivity index (χ3n) is 3.51. The van der Waals surface area contributed by atoms with Gasteiger partial charge in [-0.3, -0.25) is 19.6 Å². The van der Waals surface area contributed by atoms with Gasteiger partial charge in [-0.25, -0.2) is 4.68 Å². The van der Waals surface area contributed by atoms with Crippen LogP contribution in [0.2, 0.25) is 0 Å². The molecule has 0 aliphatic carbocycles. The number of anilines is 1. The summed E-state index contributed by atoms with van der Waals surface area (Å²) in [5.41, 5.74) is -0.694. The summed E-state index contributed by atoms with van der Waals surface area (Å²) in [4.78, 5) is 24.5. The molecular formula is C10H14N4O3. The van der Waals surface area contributed by atoms with E-state index >= 15 is 0 Å². The van der Waals surface area contributed by atoms with Crippen LogP contribution in [-0.4, -0.2) is 27.4 Å². The maximum absolute atomic E-state index is 12.0. The number of nitrogens with zero attached hydrogens (tertiary/aromatic N) is 4. The van der Waals surface area contributed by atoms with E-state index in [9.17, 15) is 14.9 Å². The van der Waals surface area contributed by atoms with Crippen molar-refractivity contribution in [2.75, 3.05) is 18.0 Å². The van der Waals surface area contributed by atoms with E-state index in [0.29, 0.717) is 18.9 Å². The van der Waals surface area contributed by atoms with E-state index in [1.54, 1.807) is 4.68 Å². The van der Waals surface area contributed by atoms with Gasteiger partial charge in [-0.15, -0.1) is 0 Å². The molecular weight excluding hydrogens is 224 g/mol. The normalized spacial score (nSPS) is 18.7. The predicted octanol–water partition coefficient (Wildman–Crippen LogP) is 0.562. The largest absolute Gasteiger partial charge is 0.377 e. The minimum absolute atomic E-state index is 0.244. The van der Waals surface area contributed by atoms with Crippen molar-refractivity contribution in [3.63, 3.8) is 0 Å². The van der Waals surface area contributed by atoms with Gasteiger partial charge in [0.1, 0.15) is 0 Å². The fraction of sp³-hybridized carbons (Fsp3) is 0.700. The van der Waals surface area contributed by atoms with E-state index in [2.05, 4.69) is 0 Å². The lowest BCUT2D eigenvalue weighted by molar-refractivity contribution is -0.385. The lowest BCUT2D eigenvalue weighted by Crippen LogP contribution is -2.22. The Hall–Kier alpha value is -1.79. The molecule has 0 N–H and O–H groups in total. The average Bonchev–Trinajstić information content (AvgIpc) is 2.96. The fourth-order valence-electron chi connectivity index (χ4n) is 2.78. The van der Waals surface area contributed by atoms with Crippen LogP contribution in [0, 0.1) is 10.1 Å². The van der Waals surface area contributed by atoms with E-state index in [-0.39, 0.29) is 5.69 Å².